The molecule has 1 aliphatic heterocycles. The molecule has 1 saturated heterocycles. The number of aryl methyl sites for hydroxylation is 1. The first-order chi connectivity index (χ1) is 14.6. The molecule has 3 heterocycles. The minimum Gasteiger partial charge on any atom is -0.477 e. The van der Waals surface area contributed by atoms with Gasteiger partial charge in [0, 0.05) is 53.6 Å². The number of rotatable bonds is 5. The molecule has 1 aromatic carbocycles. The Bertz CT molecular complexity index is 1100. The Kier molecular flexibility index (Phi) is 4.85. The van der Waals surface area contributed by atoms with Crippen LogP contribution in [0.2, 0.25) is 0 Å². The Morgan fingerprint density at radius 1 is 1.13 bits per heavy atom. The van der Waals surface area contributed by atoms with Gasteiger partial charge in [-0.25, -0.2) is 4.98 Å². The van der Waals surface area contributed by atoms with Crippen molar-refractivity contribution in [3.05, 3.63) is 59.7 Å². The van der Waals surface area contributed by atoms with Crippen molar-refractivity contribution < 1.29 is 9.53 Å². The fourth-order valence-corrected chi connectivity index (χ4v) is 4.40. The molecule has 3 aromatic rings. The molecule has 2 aliphatic rings. The fourth-order valence-electron chi connectivity index (χ4n) is 4.40. The minimum absolute atomic E-state index is 0.0780. The van der Waals surface area contributed by atoms with E-state index in [0.717, 1.165) is 23.2 Å². The summed E-state index contributed by atoms with van der Waals surface area (Å²) in [5.41, 5.74) is 3.13. The second-order valence-electron chi connectivity index (χ2n) is 8.61. The van der Waals surface area contributed by atoms with Crippen LogP contribution in [0.15, 0.2) is 42.6 Å². The smallest absolute Gasteiger partial charge is 0.220 e. The number of hydrogen-bond donors (Lipinski definition) is 1. The maximum Gasteiger partial charge on any atom is 0.220 e. The summed E-state index contributed by atoms with van der Waals surface area (Å²) in [4.78, 5) is 25.7. The molecule has 2 aromatic heterocycles. The minimum atomic E-state index is 0.0780. The Hall–Kier alpha value is -3.02. The van der Waals surface area contributed by atoms with Gasteiger partial charge in [0.1, 0.15) is 5.82 Å². The number of carbonyl (C=O) groups excluding carboxylic acids is 1. The van der Waals surface area contributed by atoms with E-state index in [9.17, 15) is 4.79 Å². The van der Waals surface area contributed by atoms with E-state index in [4.69, 9.17) is 9.72 Å². The molecule has 30 heavy (non-hydrogen) atoms. The van der Waals surface area contributed by atoms with Gasteiger partial charge in [-0.05, 0) is 31.4 Å². The highest BCUT2D eigenvalue weighted by Gasteiger charge is 2.40. The Morgan fingerprint density at radius 3 is 2.90 bits per heavy atom. The third-order valence-electron chi connectivity index (χ3n) is 6.37. The third-order valence-corrected chi connectivity index (χ3v) is 6.37. The molecular weight excluding hydrogens is 376 g/mol. The summed E-state index contributed by atoms with van der Waals surface area (Å²) >= 11 is 0. The first-order valence-electron chi connectivity index (χ1n) is 10.7. The van der Waals surface area contributed by atoms with Crippen molar-refractivity contribution in [1.29, 1.82) is 0 Å². The highest BCUT2D eigenvalue weighted by Crippen LogP contribution is 2.47. The summed E-state index contributed by atoms with van der Waals surface area (Å²) in [6, 6.07) is 12.5. The second kappa shape index (κ2) is 7.67. The van der Waals surface area contributed by atoms with E-state index >= 15 is 0 Å². The molecule has 0 spiro atoms. The molecule has 5 rings (SSSR count). The molecule has 1 amide bonds. The van der Waals surface area contributed by atoms with E-state index in [1.165, 1.54) is 5.39 Å². The molecule has 0 radical (unpaired) electrons. The molecule has 0 bridgehead atoms. The van der Waals surface area contributed by atoms with Gasteiger partial charge in [-0.2, -0.15) is 4.98 Å². The van der Waals surface area contributed by atoms with Gasteiger partial charge in [0.15, 0.2) is 0 Å². The van der Waals surface area contributed by atoms with Gasteiger partial charge < -0.3 is 10.1 Å². The predicted octanol–water partition coefficient (Wildman–Crippen LogP) is 3.76. The quantitative estimate of drug-likeness (QED) is 0.703. The molecule has 1 N–H and O–H groups in total. The van der Waals surface area contributed by atoms with Gasteiger partial charge in [0.25, 0.3) is 0 Å². The number of hydrogen-bond acceptors (Lipinski definition) is 5. The second-order valence-corrected chi connectivity index (χ2v) is 8.61. The SMILES string of the molecule is Cc1ncc(C2CC(=O)NCC2C)c(OC[C@H]2C[C@@H]2c2ccc3ccccc3n2)n1. The summed E-state index contributed by atoms with van der Waals surface area (Å²) in [6.07, 6.45) is 3.37. The lowest BCUT2D eigenvalue weighted by Gasteiger charge is -2.29. The highest BCUT2D eigenvalue weighted by atomic mass is 16.5. The molecule has 6 heteroatoms. The van der Waals surface area contributed by atoms with Crippen LogP contribution in [0.3, 0.4) is 0 Å². The van der Waals surface area contributed by atoms with Crippen LogP contribution in [-0.4, -0.2) is 34.0 Å². The molecule has 2 fully saturated rings. The maximum atomic E-state index is 11.9. The summed E-state index contributed by atoms with van der Waals surface area (Å²) in [7, 11) is 0. The predicted molar refractivity (Wildman–Crippen MR) is 114 cm³/mol. The van der Waals surface area contributed by atoms with E-state index in [2.05, 4.69) is 46.5 Å². The number of para-hydroxylation sites is 1. The van der Waals surface area contributed by atoms with E-state index in [1.54, 1.807) is 0 Å². The Labute approximate surface area is 176 Å². The molecule has 154 valence electrons. The van der Waals surface area contributed by atoms with Crippen molar-refractivity contribution >= 4 is 16.8 Å². The fraction of sp³-hybridized carbons (Fsp3) is 0.417. The number of nitrogens with zero attached hydrogens (tertiary/aromatic N) is 3. The van der Waals surface area contributed by atoms with Crippen LogP contribution in [0.25, 0.3) is 10.9 Å². The summed E-state index contributed by atoms with van der Waals surface area (Å²) in [6.45, 7) is 5.30. The Balaban J connectivity index is 1.30. The van der Waals surface area contributed by atoms with Crippen LogP contribution in [0.4, 0.5) is 0 Å². The number of nitrogens with one attached hydrogen (secondary N) is 1. The number of aromatic nitrogens is 3. The van der Waals surface area contributed by atoms with Crippen molar-refractivity contribution in [2.45, 2.75) is 38.5 Å². The zero-order valence-electron chi connectivity index (χ0n) is 17.3. The standard InChI is InChI=1S/C24H26N4O2/c1-14-11-26-23(29)10-18(14)20-12-25-15(2)27-24(20)30-13-17-9-19(17)22-8-7-16-5-3-4-6-21(16)28-22/h3-8,12,14,17-19H,9-11,13H2,1-2H3,(H,26,29)/t14?,17-,18?,19+/m1/s1. The summed E-state index contributed by atoms with van der Waals surface area (Å²) in [5, 5.41) is 4.10. The van der Waals surface area contributed by atoms with Gasteiger partial charge in [-0.1, -0.05) is 31.2 Å². The number of fused-ring (bicyclic) bond motifs is 1. The third kappa shape index (κ3) is 3.74. The van der Waals surface area contributed by atoms with Crippen molar-refractivity contribution in [2.75, 3.05) is 13.2 Å². The van der Waals surface area contributed by atoms with Crippen molar-refractivity contribution in [1.82, 2.24) is 20.3 Å². The average molecular weight is 402 g/mol. The number of carbonyl (C=O) groups is 1. The molecular formula is C24H26N4O2. The number of ether oxygens (including phenoxy) is 1. The van der Waals surface area contributed by atoms with Crippen molar-refractivity contribution in [3.8, 4) is 5.88 Å². The molecule has 1 aliphatic carbocycles. The number of pyridine rings is 1. The van der Waals surface area contributed by atoms with Gasteiger partial charge in [0.05, 0.1) is 12.1 Å². The average Bonchev–Trinajstić information content (AvgIpc) is 3.54. The van der Waals surface area contributed by atoms with E-state index in [1.807, 2.05) is 25.3 Å². The first-order valence-corrected chi connectivity index (χ1v) is 10.7. The van der Waals surface area contributed by atoms with E-state index < -0.39 is 0 Å². The monoisotopic (exact) mass is 402 g/mol. The topological polar surface area (TPSA) is 77.0 Å². The van der Waals surface area contributed by atoms with Crippen LogP contribution < -0.4 is 10.1 Å². The maximum absolute atomic E-state index is 11.9. The molecule has 1 saturated carbocycles. The van der Waals surface area contributed by atoms with E-state index in [0.29, 0.717) is 49.0 Å². The highest BCUT2D eigenvalue weighted by molar-refractivity contribution is 5.78. The number of amides is 1. The zero-order chi connectivity index (χ0) is 20.7. The van der Waals surface area contributed by atoms with Crippen LogP contribution in [0, 0.1) is 18.8 Å². The van der Waals surface area contributed by atoms with Gasteiger partial charge in [-0.3, -0.25) is 9.78 Å². The largest absolute Gasteiger partial charge is 0.477 e. The van der Waals surface area contributed by atoms with Crippen molar-refractivity contribution in [2.24, 2.45) is 11.8 Å². The van der Waals surface area contributed by atoms with Crippen LogP contribution >= 0.6 is 0 Å². The van der Waals surface area contributed by atoms with Gasteiger partial charge >= 0.3 is 0 Å². The lowest BCUT2D eigenvalue weighted by atomic mass is 9.83. The van der Waals surface area contributed by atoms with Crippen molar-refractivity contribution in [3.63, 3.8) is 0 Å². The Morgan fingerprint density at radius 2 is 2.00 bits per heavy atom. The van der Waals surface area contributed by atoms with Crippen LogP contribution in [0.5, 0.6) is 5.88 Å². The molecule has 6 nitrogen and oxygen atoms in total. The lowest BCUT2D eigenvalue weighted by molar-refractivity contribution is -0.123. The molecule has 4 atom stereocenters. The number of piperidine rings is 1. The normalized spacial score (nSPS) is 25.7. The first kappa shape index (κ1) is 19.0. The summed E-state index contributed by atoms with van der Waals surface area (Å²) in [5.74, 6) is 2.68. The number of benzene rings is 1. The van der Waals surface area contributed by atoms with Crippen LogP contribution in [-0.2, 0) is 4.79 Å². The summed E-state index contributed by atoms with van der Waals surface area (Å²) < 4.78 is 6.21. The lowest BCUT2D eigenvalue weighted by Crippen LogP contribution is -2.38. The zero-order valence-corrected chi connectivity index (χ0v) is 17.3. The van der Waals surface area contributed by atoms with Gasteiger partial charge in [0.2, 0.25) is 11.8 Å². The van der Waals surface area contributed by atoms with E-state index in [-0.39, 0.29) is 11.8 Å². The van der Waals surface area contributed by atoms with Gasteiger partial charge in [-0.15, -0.1) is 0 Å². The molecule has 2 unspecified atom stereocenters. The van der Waals surface area contributed by atoms with Crippen LogP contribution in [0.1, 0.15) is 48.7 Å².